The fourth-order valence-electron chi connectivity index (χ4n) is 2.34. The highest BCUT2D eigenvalue weighted by Gasteiger charge is 2.29. The minimum absolute atomic E-state index is 0.188. The van der Waals surface area contributed by atoms with E-state index in [1.807, 2.05) is 31.2 Å². The second kappa shape index (κ2) is 8.39. The van der Waals surface area contributed by atoms with E-state index >= 15 is 0 Å². The van der Waals surface area contributed by atoms with Crippen LogP contribution in [0, 0.1) is 0 Å². The molecule has 120 valence electrons. The molecule has 4 nitrogen and oxygen atoms in total. The van der Waals surface area contributed by atoms with E-state index in [-0.39, 0.29) is 11.8 Å². The van der Waals surface area contributed by atoms with Crippen molar-refractivity contribution in [3.8, 4) is 5.75 Å². The number of benzene rings is 1. The molecule has 0 aromatic heterocycles. The molecule has 21 heavy (non-hydrogen) atoms. The van der Waals surface area contributed by atoms with E-state index < -0.39 is 15.1 Å². The maximum Gasteiger partial charge on any atom is 0.154 e. The van der Waals surface area contributed by atoms with Crippen molar-refractivity contribution < 1.29 is 13.2 Å². The van der Waals surface area contributed by atoms with Crippen molar-refractivity contribution in [2.24, 2.45) is 0 Å². The van der Waals surface area contributed by atoms with Crippen molar-refractivity contribution in [3.63, 3.8) is 0 Å². The molecule has 0 spiro atoms. The molecule has 0 heterocycles. The largest absolute Gasteiger partial charge is 0.497 e. The van der Waals surface area contributed by atoms with Crippen LogP contribution < -0.4 is 10.1 Å². The first-order valence-corrected chi connectivity index (χ1v) is 9.26. The molecule has 0 saturated carbocycles. The van der Waals surface area contributed by atoms with Gasteiger partial charge in [-0.2, -0.15) is 0 Å². The predicted octanol–water partition coefficient (Wildman–Crippen LogP) is 2.95. The Morgan fingerprint density at radius 2 is 1.76 bits per heavy atom. The van der Waals surface area contributed by atoms with Gasteiger partial charge in [0.05, 0.1) is 18.1 Å². The monoisotopic (exact) mass is 313 g/mol. The minimum Gasteiger partial charge on any atom is -0.497 e. The zero-order valence-electron chi connectivity index (χ0n) is 13.4. The fraction of sp³-hybridized carbons (Fsp3) is 0.625. The summed E-state index contributed by atoms with van der Waals surface area (Å²) in [6.45, 7) is 6.56. The van der Waals surface area contributed by atoms with Crippen LogP contribution in [0.2, 0.25) is 0 Å². The molecule has 1 aromatic carbocycles. The van der Waals surface area contributed by atoms with Crippen LogP contribution in [0.25, 0.3) is 0 Å². The van der Waals surface area contributed by atoms with Gasteiger partial charge in [-0.05, 0) is 44.0 Å². The third-order valence-corrected chi connectivity index (χ3v) is 6.00. The van der Waals surface area contributed by atoms with Crippen LogP contribution >= 0.6 is 0 Å². The molecule has 0 aliphatic heterocycles. The molecule has 0 radical (unpaired) electrons. The van der Waals surface area contributed by atoms with Gasteiger partial charge < -0.3 is 10.1 Å². The zero-order valence-corrected chi connectivity index (χ0v) is 14.2. The van der Waals surface area contributed by atoms with Gasteiger partial charge in [-0.25, -0.2) is 8.42 Å². The summed E-state index contributed by atoms with van der Waals surface area (Å²) >= 11 is 0. The quantitative estimate of drug-likeness (QED) is 0.761. The second-order valence-electron chi connectivity index (χ2n) is 5.28. The van der Waals surface area contributed by atoms with Crippen molar-refractivity contribution in [2.45, 2.75) is 44.9 Å². The van der Waals surface area contributed by atoms with Crippen molar-refractivity contribution in [2.75, 3.05) is 19.4 Å². The molecule has 2 atom stereocenters. The van der Waals surface area contributed by atoms with E-state index in [0.717, 1.165) is 24.3 Å². The third kappa shape index (κ3) is 5.00. The van der Waals surface area contributed by atoms with Gasteiger partial charge in [0.15, 0.2) is 9.84 Å². The molecular weight excluding hydrogens is 286 g/mol. The lowest BCUT2D eigenvalue weighted by Crippen LogP contribution is -2.37. The minimum atomic E-state index is -3.10. The van der Waals surface area contributed by atoms with Crippen LogP contribution in [0.4, 0.5) is 0 Å². The molecule has 0 fully saturated rings. The molecule has 2 unspecified atom stereocenters. The lowest BCUT2D eigenvalue weighted by molar-refractivity contribution is 0.414. The first-order valence-electron chi connectivity index (χ1n) is 7.55. The number of hydrogen-bond donors (Lipinski definition) is 1. The number of ether oxygens (including phenoxy) is 1. The first-order chi connectivity index (χ1) is 9.96. The molecule has 1 N–H and O–H groups in total. The van der Waals surface area contributed by atoms with Crippen LogP contribution in [-0.2, 0) is 9.84 Å². The molecule has 1 rings (SSSR count). The van der Waals surface area contributed by atoms with E-state index in [9.17, 15) is 8.42 Å². The van der Waals surface area contributed by atoms with Crippen molar-refractivity contribution in [3.05, 3.63) is 29.8 Å². The highest BCUT2D eigenvalue weighted by atomic mass is 32.2. The van der Waals surface area contributed by atoms with Crippen LogP contribution in [0.3, 0.4) is 0 Å². The molecule has 0 bridgehead atoms. The highest BCUT2D eigenvalue weighted by molar-refractivity contribution is 7.92. The summed E-state index contributed by atoms with van der Waals surface area (Å²) in [7, 11) is -1.48. The van der Waals surface area contributed by atoms with Crippen molar-refractivity contribution >= 4 is 9.84 Å². The third-order valence-electron chi connectivity index (χ3n) is 3.61. The maximum atomic E-state index is 12.4. The fourth-order valence-corrected chi connectivity index (χ4v) is 3.95. The van der Waals surface area contributed by atoms with Gasteiger partial charge in [-0.1, -0.05) is 26.0 Å². The van der Waals surface area contributed by atoms with Gasteiger partial charge in [0.1, 0.15) is 5.75 Å². The molecule has 0 saturated heterocycles. The second-order valence-corrected chi connectivity index (χ2v) is 7.75. The molecule has 0 aliphatic rings. The maximum absolute atomic E-state index is 12.4. The zero-order chi connectivity index (χ0) is 15.9. The summed E-state index contributed by atoms with van der Waals surface area (Å²) in [4.78, 5) is 0. The van der Waals surface area contributed by atoms with Gasteiger partial charge in [-0.3, -0.25) is 0 Å². The Morgan fingerprint density at radius 3 is 2.24 bits per heavy atom. The number of hydrogen-bond acceptors (Lipinski definition) is 4. The molecule has 0 amide bonds. The Morgan fingerprint density at radius 1 is 1.14 bits per heavy atom. The van der Waals surface area contributed by atoms with Crippen molar-refractivity contribution in [1.29, 1.82) is 0 Å². The molecule has 0 aliphatic carbocycles. The smallest absolute Gasteiger partial charge is 0.154 e. The number of rotatable bonds is 9. The Kier molecular flexibility index (Phi) is 7.18. The summed E-state index contributed by atoms with van der Waals surface area (Å²) in [6.07, 6.45) is 1.61. The average molecular weight is 313 g/mol. The van der Waals surface area contributed by atoms with Crippen molar-refractivity contribution in [1.82, 2.24) is 5.32 Å². The summed E-state index contributed by atoms with van der Waals surface area (Å²) in [6, 6.07) is 7.42. The SMILES string of the molecule is CCCNC(c1ccc(OC)cc1)C(C)S(=O)(=O)CCC. The molecular formula is C16H27NO3S. The Bertz CT molecular complexity index is 511. The van der Waals surface area contributed by atoms with E-state index in [1.165, 1.54) is 0 Å². The van der Waals surface area contributed by atoms with Gasteiger partial charge in [0.25, 0.3) is 0 Å². The molecule has 1 aromatic rings. The Hall–Kier alpha value is -1.07. The molecule has 5 heteroatoms. The van der Waals surface area contributed by atoms with E-state index in [2.05, 4.69) is 12.2 Å². The highest BCUT2D eigenvalue weighted by Crippen LogP contribution is 2.25. The van der Waals surface area contributed by atoms with E-state index in [0.29, 0.717) is 6.42 Å². The summed E-state index contributed by atoms with van der Waals surface area (Å²) in [5.41, 5.74) is 0.983. The van der Waals surface area contributed by atoms with E-state index in [4.69, 9.17) is 4.74 Å². The van der Waals surface area contributed by atoms with Crippen LogP contribution in [0.5, 0.6) is 5.75 Å². The Balaban J connectivity index is 3.03. The predicted molar refractivity (Wildman–Crippen MR) is 87.6 cm³/mol. The number of sulfone groups is 1. The summed E-state index contributed by atoms with van der Waals surface area (Å²) in [5, 5.41) is 2.92. The lowest BCUT2D eigenvalue weighted by atomic mass is 10.0. The van der Waals surface area contributed by atoms with Gasteiger partial charge in [0, 0.05) is 6.04 Å². The average Bonchev–Trinajstić information content (AvgIpc) is 2.48. The summed E-state index contributed by atoms with van der Waals surface area (Å²) < 4.78 is 29.9. The van der Waals surface area contributed by atoms with Crippen LogP contribution in [0.15, 0.2) is 24.3 Å². The number of nitrogens with one attached hydrogen (secondary N) is 1. The van der Waals surface area contributed by atoms with Crippen LogP contribution in [-0.4, -0.2) is 33.1 Å². The van der Waals surface area contributed by atoms with E-state index in [1.54, 1.807) is 14.0 Å². The van der Waals surface area contributed by atoms with Gasteiger partial charge in [0.2, 0.25) is 0 Å². The lowest BCUT2D eigenvalue weighted by Gasteiger charge is -2.26. The first kappa shape index (κ1) is 18.0. The Labute approximate surface area is 128 Å². The summed E-state index contributed by atoms with van der Waals surface area (Å²) in [5.74, 6) is 1.01. The topological polar surface area (TPSA) is 55.4 Å². The van der Waals surface area contributed by atoms with Gasteiger partial charge in [-0.15, -0.1) is 0 Å². The standard InChI is InChI=1S/C16H27NO3S/c1-5-11-17-16(13(3)21(18,19)12-6-2)14-7-9-15(20-4)10-8-14/h7-10,13,16-17H,5-6,11-12H2,1-4H3. The van der Waals surface area contributed by atoms with Crippen LogP contribution in [0.1, 0.15) is 45.2 Å². The normalized spacial score (nSPS) is 14.7. The van der Waals surface area contributed by atoms with Gasteiger partial charge >= 0.3 is 0 Å². The number of methoxy groups -OCH3 is 1.